The van der Waals surface area contributed by atoms with Gasteiger partial charge in [-0.1, -0.05) is 31.0 Å². The number of sulfone groups is 1. The van der Waals surface area contributed by atoms with Crippen molar-refractivity contribution in [3.8, 4) is 5.75 Å². The van der Waals surface area contributed by atoms with Crippen LogP contribution in [0.5, 0.6) is 5.75 Å². The first-order valence-corrected chi connectivity index (χ1v) is 10.5. The minimum absolute atomic E-state index is 0.123. The zero-order valence-electron chi connectivity index (χ0n) is 14.1. The van der Waals surface area contributed by atoms with Gasteiger partial charge in [-0.3, -0.25) is 4.79 Å². The number of carboxylic acids is 1. The molecule has 0 spiro atoms. The minimum atomic E-state index is -3.80. The lowest BCUT2D eigenvalue weighted by molar-refractivity contribution is -0.136. The van der Waals surface area contributed by atoms with Gasteiger partial charge in [0.2, 0.25) is 9.84 Å². The molecule has 1 unspecified atom stereocenters. The summed E-state index contributed by atoms with van der Waals surface area (Å²) < 4.78 is 30.0. The van der Waals surface area contributed by atoms with Crippen LogP contribution < -0.4 is 4.74 Å². The van der Waals surface area contributed by atoms with Crippen molar-refractivity contribution < 1.29 is 23.1 Å². The van der Waals surface area contributed by atoms with Crippen LogP contribution in [0.2, 0.25) is 0 Å². The maximum absolute atomic E-state index is 12.4. The Balaban J connectivity index is 1.82. The van der Waals surface area contributed by atoms with Crippen molar-refractivity contribution in [2.45, 2.75) is 41.6 Å². The number of methoxy groups -OCH3 is 1. The number of aryl methyl sites for hydroxylation is 1. The van der Waals surface area contributed by atoms with Gasteiger partial charge in [0.15, 0.2) is 5.25 Å². The minimum Gasteiger partial charge on any atom is -0.497 e. The molecule has 5 nitrogen and oxygen atoms in total. The van der Waals surface area contributed by atoms with Gasteiger partial charge in [-0.2, -0.15) is 0 Å². The predicted molar refractivity (Wildman–Crippen MR) is 98.1 cm³/mol. The first kappa shape index (κ1) is 19.5. The van der Waals surface area contributed by atoms with E-state index in [4.69, 9.17) is 4.74 Å². The number of ether oxygens (including phenoxy) is 1. The summed E-state index contributed by atoms with van der Waals surface area (Å²) in [7, 11) is -2.18. The SMILES string of the molecule is COc1ccc(CCCCCC(C(=O)O)S(=O)(=O)c2cccs2)cc1. The van der Waals surface area contributed by atoms with E-state index in [1.165, 1.54) is 11.6 Å². The largest absolute Gasteiger partial charge is 0.497 e. The molecule has 0 radical (unpaired) electrons. The molecular formula is C18H22O5S2. The van der Waals surface area contributed by atoms with Crippen LogP contribution in [0.25, 0.3) is 0 Å². The molecule has 1 atom stereocenters. The van der Waals surface area contributed by atoms with Crippen molar-refractivity contribution >= 4 is 27.1 Å². The maximum atomic E-state index is 12.4. The van der Waals surface area contributed by atoms with Crippen molar-refractivity contribution in [2.75, 3.05) is 7.11 Å². The number of carbonyl (C=O) groups is 1. The topological polar surface area (TPSA) is 80.7 Å². The molecule has 1 N–H and O–H groups in total. The fourth-order valence-corrected chi connectivity index (χ4v) is 5.40. The Hall–Kier alpha value is -1.86. The van der Waals surface area contributed by atoms with Crippen molar-refractivity contribution in [1.29, 1.82) is 0 Å². The first-order valence-electron chi connectivity index (χ1n) is 8.08. The fourth-order valence-electron chi connectivity index (χ4n) is 2.60. The lowest BCUT2D eigenvalue weighted by atomic mass is 10.1. The summed E-state index contributed by atoms with van der Waals surface area (Å²) in [6.45, 7) is 0. The molecule has 1 aromatic heterocycles. The smallest absolute Gasteiger partial charge is 0.322 e. The van der Waals surface area contributed by atoms with Crippen LogP contribution in [0.1, 0.15) is 31.2 Å². The lowest BCUT2D eigenvalue weighted by Gasteiger charge is -2.12. The van der Waals surface area contributed by atoms with Gasteiger partial charge in [0, 0.05) is 0 Å². The molecule has 0 saturated carbocycles. The van der Waals surface area contributed by atoms with Gasteiger partial charge in [0.05, 0.1) is 7.11 Å². The molecule has 1 aromatic carbocycles. The monoisotopic (exact) mass is 382 g/mol. The highest BCUT2D eigenvalue weighted by molar-refractivity contribution is 7.94. The summed E-state index contributed by atoms with van der Waals surface area (Å²) in [5, 5.41) is 9.58. The van der Waals surface area contributed by atoms with E-state index in [2.05, 4.69) is 0 Å². The number of carboxylic acid groups (broad SMARTS) is 1. The van der Waals surface area contributed by atoms with Crippen LogP contribution in [0.4, 0.5) is 0 Å². The molecule has 0 saturated heterocycles. The third-order valence-electron chi connectivity index (χ3n) is 4.02. The molecule has 0 fully saturated rings. The van der Waals surface area contributed by atoms with Crippen LogP contribution >= 0.6 is 11.3 Å². The molecule has 2 rings (SSSR count). The Morgan fingerprint density at radius 2 is 1.88 bits per heavy atom. The van der Waals surface area contributed by atoms with Crippen LogP contribution in [0.3, 0.4) is 0 Å². The average Bonchev–Trinajstić information content (AvgIpc) is 3.13. The van der Waals surface area contributed by atoms with Crippen LogP contribution in [0, 0.1) is 0 Å². The molecule has 7 heteroatoms. The highest BCUT2D eigenvalue weighted by atomic mass is 32.2. The van der Waals surface area contributed by atoms with Crippen molar-refractivity contribution in [1.82, 2.24) is 0 Å². The molecular weight excluding hydrogens is 360 g/mol. The summed E-state index contributed by atoms with van der Waals surface area (Å²) in [6.07, 6.45) is 3.25. The highest BCUT2D eigenvalue weighted by Crippen LogP contribution is 2.25. The molecule has 0 aliphatic rings. The number of benzene rings is 1. The molecule has 0 aliphatic heterocycles. The van der Waals surface area contributed by atoms with Gasteiger partial charge in [0.1, 0.15) is 9.96 Å². The number of hydrogen-bond donors (Lipinski definition) is 1. The predicted octanol–water partition coefficient (Wildman–Crippen LogP) is 3.79. The molecule has 25 heavy (non-hydrogen) atoms. The van der Waals surface area contributed by atoms with E-state index in [0.29, 0.717) is 6.42 Å². The average molecular weight is 383 g/mol. The van der Waals surface area contributed by atoms with Gasteiger partial charge in [-0.05, 0) is 48.4 Å². The van der Waals surface area contributed by atoms with Gasteiger partial charge < -0.3 is 9.84 Å². The van der Waals surface area contributed by atoms with Gasteiger partial charge >= 0.3 is 5.97 Å². The third-order valence-corrected chi connectivity index (χ3v) is 7.55. The van der Waals surface area contributed by atoms with Gasteiger partial charge in [-0.15, -0.1) is 11.3 Å². The number of rotatable bonds is 10. The number of unbranched alkanes of at least 4 members (excludes halogenated alkanes) is 2. The summed E-state index contributed by atoms with van der Waals surface area (Å²) >= 11 is 1.06. The summed E-state index contributed by atoms with van der Waals surface area (Å²) in [5.41, 5.74) is 1.18. The zero-order chi connectivity index (χ0) is 18.3. The van der Waals surface area contributed by atoms with E-state index < -0.39 is 21.1 Å². The highest BCUT2D eigenvalue weighted by Gasteiger charge is 2.34. The van der Waals surface area contributed by atoms with E-state index in [1.54, 1.807) is 18.6 Å². The standard InChI is InChI=1S/C18H22O5S2/c1-23-15-11-9-14(10-12-15)6-3-2-4-7-16(18(19)20)25(21,22)17-8-5-13-24-17/h5,8-13,16H,2-4,6-7H2,1H3,(H,19,20). The van der Waals surface area contributed by atoms with E-state index in [-0.39, 0.29) is 10.6 Å². The quantitative estimate of drug-likeness (QED) is 0.632. The summed E-state index contributed by atoms with van der Waals surface area (Å²) in [5.74, 6) is -0.463. The van der Waals surface area contributed by atoms with E-state index in [1.807, 2.05) is 24.3 Å². The van der Waals surface area contributed by atoms with E-state index >= 15 is 0 Å². The van der Waals surface area contributed by atoms with Crippen molar-refractivity contribution in [3.05, 3.63) is 47.3 Å². The molecule has 0 bridgehead atoms. The first-order chi connectivity index (χ1) is 11.9. The molecule has 1 heterocycles. The van der Waals surface area contributed by atoms with Gasteiger partial charge in [-0.25, -0.2) is 8.42 Å². The molecule has 2 aromatic rings. The number of thiophene rings is 1. The Morgan fingerprint density at radius 1 is 1.16 bits per heavy atom. The lowest BCUT2D eigenvalue weighted by Crippen LogP contribution is -2.29. The van der Waals surface area contributed by atoms with E-state index in [0.717, 1.165) is 36.3 Å². The Bertz CT molecular complexity index is 764. The second kappa shape index (κ2) is 9.01. The van der Waals surface area contributed by atoms with Crippen LogP contribution in [-0.2, 0) is 21.1 Å². The van der Waals surface area contributed by atoms with E-state index in [9.17, 15) is 18.3 Å². The number of hydrogen-bond acceptors (Lipinski definition) is 5. The molecule has 0 amide bonds. The van der Waals surface area contributed by atoms with Gasteiger partial charge in [0.25, 0.3) is 0 Å². The molecule has 0 aliphatic carbocycles. The summed E-state index contributed by atoms with van der Waals surface area (Å²) in [4.78, 5) is 11.4. The van der Waals surface area contributed by atoms with Crippen molar-refractivity contribution in [3.63, 3.8) is 0 Å². The Kier molecular flexibility index (Phi) is 7.01. The molecule has 136 valence electrons. The second-order valence-corrected chi connectivity index (χ2v) is 9.06. The maximum Gasteiger partial charge on any atom is 0.322 e. The fraction of sp³-hybridized carbons (Fsp3) is 0.389. The zero-order valence-corrected chi connectivity index (χ0v) is 15.7. The van der Waals surface area contributed by atoms with Crippen LogP contribution in [0.15, 0.2) is 46.0 Å². The Morgan fingerprint density at radius 3 is 2.44 bits per heavy atom. The van der Waals surface area contributed by atoms with Crippen molar-refractivity contribution in [2.24, 2.45) is 0 Å². The Labute approximate surface area is 152 Å². The second-order valence-electron chi connectivity index (χ2n) is 5.75. The summed E-state index contributed by atoms with van der Waals surface area (Å²) in [6, 6.07) is 10.9. The number of aliphatic carboxylic acids is 1. The van der Waals surface area contributed by atoms with Crippen LogP contribution in [-0.4, -0.2) is 31.9 Å². The third kappa shape index (κ3) is 5.31. The normalized spacial score (nSPS) is 12.7.